The Balaban J connectivity index is 3.12. The number of halogens is 1. The average molecular weight is 279 g/mol. The number of nitrogens with zero attached hydrogens (tertiary/aromatic N) is 1. The molecule has 102 valence electrons. The minimum absolute atomic E-state index is 0.179. The quantitative estimate of drug-likeness (QED) is 0.667. The van der Waals surface area contributed by atoms with Gasteiger partial charge >= 0.3 is 0 Å². The Morgan fingerprint density at radius 3 is 2.37 bits per heavy atom. The molecular formula is C15H19ClN2O. The zero-order valence-corrected chi connectivity index (χ0v) is 12.7. The number of aromatic nitrogens is 1. The third-order valence-electron chi connectivity index (χ3n) is 2.61. The van der Waals surface area contributed by atoms with E-state index in [0.29, 0.717) is 10.7 Å². The Hall–Kier alpha value is -1.53. The summed E-state index contributed by atoms with van der Waals surface area (Å²) in [7, 11) is 0. The maximum Gasteiger partial charge on any atom is 0.252 e. The molecule has 0 aliphatic heterocycles. The summed E-state index contributed by atoms with van der Waals surface area (Å²) in [5, 5.41) is 3.07. The van der Waals surface area contributed by atoms with Gasteiger partial charge in [-0.2, -0.15) is 0 Å². The van der Waals surface area contributed by atoms with Crippen molar-refractivity contribution in [3.8, 4) is 12.3 Å². The molecule has 0 bridgehead atoms. The van der Waals surface area contributed by atoms with Crippen LogP contribution in [0.4, 0.5) is 0 Å². The Kier molecular flexibility index (Phi) is 4.27. The predicted molar refractivity (Wildman–Crippen MR) is 78.3 cm³/mol. The fourth-order valence-corrected chi connectivity index (χ4v) is 1.61. The molecule has 0 radical (unpaired) electrons. The van der Waals surface area contributed by atoms with Gasteiger partial charge in [0.05, 0.1) is 5.54 Å². The molecule has 0 aromatic carbocycles. The average Bonchev–Trinajstić information content (AvgIpc) is 2.26. The first-order chi connectivity index (χ1) is 8.55. The van der Waals surface area contributed by atoms with E-state index in [1.807, 2.05) is 20.8 Å². The first-order valence-electron chi connectivity index (χ1n) is 6.03. The summed E-state index contributed by atoms with van der Waals surface area (Å²) in [6.45, 7) is 9.56. The molecule has 0 saturated carbocycles. The summed E-state index contributed by atoms with van der Waals surface area (Å²) < 4.78 is 0. The fourth-order valence-electron chi connectivity index (χ4n) is 1.40. The van der Waals surface area contributed by atoms with E-state index >= 15 is 0 Å². The van der Waals surface area contributed by atoms with Crippen LogP contribution in [0, 0.1) is 12.3 Å². The Bertz CT molecular complexity index is 536. The van der Waals surface area contributed by atoms with Gasteiger partial charge in [0.2, 0.25) is 0 Å². The number of carbonyl (C=O) groups excluding carboxylic acids is 1. The van der Waals surface area contributed by atoms with Crippen LogP contribution in [-0.2, 0) is 5.41 Å². The Labute approximate surface area is 119 Å². The topological polar surface area (TPSA) is 42.0 Å². The fraction of sp³-hybridized carbons (Fsp3) is 0.467. The van der Waals surface area contributed by atoms with Crippen LogP contribution in [0.15, 0.2) is 12.1 Å². The van der Waals surface area contributed by atoms with Crippen molar-refractivity contribution >= 4 is 17.5 Å². The second-order valence-electron chi connectivity index (χ2n) is 6.04. The zero-order valence-electron chi connectivity index (χ0n) is 12.0. The molecule has 1 aromatic heterocycles. The number of terminal acetylenes is 1. The van der Waals surface area contributed by atoms with E-state index in [4.69, 9.17) is 18.0 Å². The summed E-state index contributed by atoms with van der Waals surface area (Å²) in [4.78, 5) is 16.4. The van der Waals surface area contributed by atoms with Gasteiger partial charge < -0.3 is 5.32 Å². The highest BCUT2D eigenvalue weighted by molar-refractivity contribution is 6.29. The molecule has 3 nitrogen and oxygen atoms in total. The predicted octanol–water partition coefficient (Wildman–Crippen LogP) is 3.17. The third kappa shape index (κ3) is 4.25. The minimum atomic E-state index is -0.700. The highest BCUT2D eigenvalue weighted by atomic mass is 35.5. The maximum absolute atomic E-state index is 12.2. The van der Waals surface area contributed by atoms with Crippen LogP contribution in [0.2, 0.25) is 5.15 Å². The van der Waals surface area contributed by atoms with Gasteiger partial charge in [-0.05, 0) is 26.0 Å². The molecule has 0 spiro atoms. The molecule has 4 heteroatoms. The molecule has 0 aliphatic rings. The molecule has 0 fully saturated rings. The zero-order chi connectivity index (χ0) is 14.8. The van der Waals surface area contributed by atoms with Gasteiger partial charge in [-0.3, -0.25) is 4.79 Å². The molecule has 0 saturated heterocycles. The molecule has 0 atom stereocenters. The molecule has 1 aromatic rings. The normalized spacial score (nSPS) is 11.8. The lowest BCUT2D eigenvalue weighted by atomic mass is 9.90. The number of pyridine rings is 1. The van der Waals surface area contributed by atoms with Crippen LogP contribution in [0.1, 0.15) is 50.7 Å². The van der Waals surface area contributed by atoms with Crippen molar-refractivity contribution in [1.82, 2.24) is 10.3 Å². The summed E-state index contributed by atoms with van der Waals surface area (Å²) in [6, 6.07) is 3.28. The van der Waals surface area contributed by atoms with Crippen molar-refractivity contribution in [3.63, 3.8) is 0 Å². The van der Waals surface area contributed by atoms with E-state index in [-0.39, 0.29) is 11.3 Å². The van der Waals surface area contributed by atoms with Crippen molar-refractivity contribution < 1.29 is 4.79 Å². The van der Waals surface area contributed by atoms with Gasteiger partial charge in [0.15, 0.2) is 0 Å². The summed E-state index contributed by atoms with van der Waals surface area (Å²) in [5.74, 6) is 2.27. The lowest BCUT2D eigenvalue weighted by molar-refractivity contribution is 0.0929. The molecule has 0 unspecified atom stereocenters. The standard InChI is InChI=1S/C15H19ClN2O/c1-7-15(5,6)18-13(19)10-8-11(14(2,3)4)17-12(16)9-10/h1,8-9H,2-6H3,(H,18,19). The first kappa shape index (κ1) is 15.5. The van der Waals surface area contributed by atoms with Crippen LogP contribution >= 0.6 is 11.6 Å². The molecule has 1 amide bonds. The van der Waals surface area contributed by atoms with Gasteiger partial charge in [0, 0.05) is 16.7 Å². The monoisotopic (exact) mass is 278 g/mol. The Morgan fingerprint density at radius 2 is 1.89 bits per heavy atom. The smallest absolute Gasteiger partial charge is 0.252 e. The summed E-state index contributed by atoms with van der Waals surface area (Å²) >= 11 is 5.97. The molecule has 19 heavy (non-hydrogen) atoms. The number of rotatable bonds is 2. The van der Waals surface area contributed by atoms with Crippen molar-refractivity contribution in [1.29, 1.82) is 0 Å². The molecule has 1 N–H and O–H groups in total. The van der Waals surface area contributed by atoms with Gasteiger partial charge in [-0.15, -0.1) is 6.42 Å². The van der Waals surface area contributed by atoms with E-state index < -0.39 is 5.54 Å². The maximum atomic E-state index is 12.2. The van der Waals surface area contributed by atoms with E-state index in [9.17, 15) is 4.79 Å². The minimum Gasteiger partial charge on any atom is -0.336 e. The SMILES string of the molecule is C#CC(C)(C)NC(=O)c1cc(Cl)nc(C(C)(C)C)c1. The lowest BCUT2D eigenvalue weighted by Gasteiger charge is -2.21. The van der Waals surface area contributed by atoms with Gasteiger partial charge in [0.1, 0.15) is 5.15 Å². The van der Waals surface area contributed by atoms with Crippen LogP contribution in [0.25, 0.3) is 0 Å². The summed E-state index contributed by atoms with van der Waals surface area (Å²) in [6.07, 6.45) is 5.36. The van der Waals surface area contributed by atoms with E-state index in [1.165, 1.54) is 0 Å². The van der Waals surface area contributed by atoms with Crippen molar-refractivity contribution in [3.05, 3.63) is 28.5 Å². The number of carbonyl (C=O) groups is 1. The molecule has 1 heterocycles. The lowest BCUT2D eigenvalue weighted by Crippen LogP contribution is -2.42. The van der Waals surface area contributed by atoms with Crippen LogP contribution in [-0.4, -0.2) is 16.4 Å². The second-order valence-corrected chi connectivity index (χ2v) is 6.42. The molecular weight excluding hydrogens is 260 g/mol. The van der Waals surface area contributed by atoms with E-state index in [0.717, 1.165) is 5.69 Å². The van der Waals surface area contributed by atoms with Gasteiger partial charge in [0.25, 0.3) is 5.91 Å². The van der Waals surface area contributed by atoms with Gasteiger partial charge in [-0.25, -0.2) is 4.98 Å². The largest absolute Gasteiger partial charge is 0.336 e. The van der Waals surface area contributed by atoms with E-state index in [1.54, 1.807) is 26.0 Å². The highest BCUT2D eigenvalue weighted by Gasteiger charge is 2.22. The number of hydrogen-bond donors (Lipinski definition) is 1. The summed E-state index contributed by atoms with van der Waals surface area (Å²) in [5.41, 5.74) is 0.355. The van der Waals surface area contributed by atoms with Crippen molar-refractivity contribution in [2.45, 2.75) is 45.6 Å². The van der Waals surface area contributed by atoms with Gasteiger partial charge in [-0.1, -0.05) is 38.3 Å². The number of amides is 1. The third-order valence-corrected chi connectivity index (χ3v) is 2.81. The number of nitrogens with one attached hydrogen (secondary N) is 1. The van der Waals surface area contributed by atoms with Crippen molar-refractivity contribution in [2.24, 2.45) is 0 Å². The van der Waals surface area contributed by atoms with Crippen LogP contribution in [0.5, 0.6) is 0 Å². The Morgan fingerprint density at radius 1 is 1.32 bits per heavy atom. The van der Waals surface area contributed by atoms with E-state index in [2.05, 4.69) is 16.2 Å². The van der Waals surface area contributed by atoms with Crippen LogP contribution in [0.3, 0.4) is 0 Å². The van der Waals surface area contributed by atoms with Crippen LogP contribution < -0.4 is 5.32 Å². The second kappa shape index (κ2) is 5.22. The molecule has 0 aliphatic carbocycles. The molecule has 1 rings (SSSR count). The number of hydrogen-bond acceptors (Lipinski definition) is 2. The highest BCUT2D eigenvalue weighted by Crippen LogP contribution is 2.23. The van der Waals surface area contributed by atoms with Crippen molar-refractivity contribution in [2.75, 3.05) is 0 Å². The first-order valence-corrected chi connectivity index (χ1v) is 6.41.